The molecule has 0 radical (unpaired) electrons. The van der Waals surface area contributed by atoms with E-state index in [9.17, 15) is 9.90 Å². The van der Waals surface area contributed by atoms with Gasteiger partial charge in [0.2, 0.25) is 0 Å². The van der Waals surface area contributed by atoms with Crippen LogP contribution in [-0.2, 0) is 13.2 Å². The minimum absolute atomic E-state index is 0.158. The van der Waals surface area contributed by atoms with E-state index in [1.165, 1.54) is 12.1 Å². The highest BCUT2D eigenvalue weighted by atomic mass is 79.9. The van der Waals surface area contributed by atoms with Crippen molar-refractivity contribution < 1.29 is 19.4 Å². The Morgan fingerprint density at radius 2 is 1.84 bits per heavy atom. The van der Waals surface area contributed by atoms with Gasteiger partial charge in [-0.25, -0.2) is 4.79 Å². The standard InChI is InChI=1S/C23H20BrCl2NO4/c1-2-30-21-10-16(12-27-20-9-15(23(28)29)6-7-19(20)26)18(24)11-22(21)31-13-14-4-3-5-17(25)8-14/h3-11,27H,2,12-13H2,1H3,(H,28,29). The second-order valence-corrected chi connectivity index (χ2v) is 8.29. The zero-order chi connectivity index (χ0) is 22.4. The molecule has 0 aromatic heterocycles. The lowest BCUT2D eigenvalue weighted by Gasteiger charge is -2.16. The second kappa shape index (κ2) is 10.8. The van der Waals surface area contributed by atoms with E-state index in [4.69, 9.17) is 32.7 Å². The quantitative estimate of drug-likeness (QED) is 0.314. The highest BCUT2D eigenvalue weighted by Gasteiger charge is 2.13. The molecule has 2 N–H and O–H groups in total. The van der Waals surface area contributed by atoms with E-state index in [2.05, 4.69) is 21.2 Å². The van der Waals surface area contributed by atoms with Crippen LogP contribution in [0.15, 0.2) is 59.1 Å². The molecule has 0 aliphatic heterocycles. The van der Waals surface area contributed by atoms with Crippen LogP contribution in [0, 0.1) is 0 Å². The summed E-state index contributed by atoms with van der Waals surface area (Å²) in [6, 6.07) is 15.7. The number of ether oxygens (including phenoxy) is 2. The highest BCUT2D eigenvalue weighted by molar-refractivity contribution is 9.10. The molecule has 3 aromatic rings. The van der Waals surface area contributed by atoms with E-state index in [1.807, 2.05) is 43.3 Å². The van der Waals surface area contributed by atoms with Gasteiger partial charge in [-0.3, -0.25) is 0 Å². The fraction of sp³-hybridized carbons (Fsp3) is 0.174. The van der Waals surface area contributed by atoms with Gasteiger partial charge in [0.05, 0.1) is 22.9 Å². The van der Waals surface area contributed by atoms with E-state index in [-0.39, 0.29) is 5.56 Å². The first kappa shape index (κ1) is 23.3. The number of hydrogen-bond acceptors (Lipinski definition) is 4. The van der Waals surface area contributed by atoms with Gasteiger partial charge in [-0.05, 0) is 60.5 Å². The first-order valence-corrected chi connectivity index (χ1v) is 11.0. The van der Waals surface area contributed by atoms with Gasteiger partial charge >= 0.3 is 5.97 Å². The molecule has 3 rings (SSSR count). The van der Waals surface area contributed by atoms with E-state index < -0.39 is 5.97 Å². The normalized spacial score (nSPS) is 10.6. The van der Waals surface area contributed by atoms with Crippen LogP contribution in [0.2, 0.25) is 10.0 Å². The Hall–Kier alpha value is -2.41. The van der Waals surface area contributed by atoms with Gasteiger partial charge in [0, 0.05) is 16.0 Å². The molecule has 162 valence electrons. The van der Waals surface area contributed by atoms with Crippen molar-refractivity contribution in [2.24, 2.45) is 0 Å². The minimum Gasteiger partial charge on any atom is -0.490 e. The number of anilines is 1. The zero-order valence-corrected chi connectivity index (χ0v) is 19.7. The van der Waals surface area contributed by atoms with Crippen LogP contribution in [0.1, 0.15) is 28.4 Å². The molecule has 3 aromatic carbocycles. The molecule has 0 unspecified atom stereocenters. The molecule has 0 atom stereocenters. The van der Waals surface area contributed by atoms with Crippen molar-refractivity contribution >= 4 is 50.8 Å². The summed E-state index contributed by atoms with van der Waals surface area (Å²) in [5.74, 6) is 0.194. The van der Waals surface area contributed by atoms with Crippen molar-refractivity contribution in [2.75, 3.05) is 11.9 Å². The predicted octanol–water partition coefficient (Wildman–Crippen LogP) is 7.04. The smallest absolute Gasteiger partial charge is 0.335 e. The number of carboxylic acids is 1. The molecule has 0 fully saturated rings. The SMILES string of the molecule is CCOc1cc(CNc2cc(C(=O)O)ccc2Cl)c(Br)cc1OCc1cccc(Cl)c1. The maximum Gasteiger partial charge on any atom is 0.335 e. The summed E-state index contributed by atoms with van der Waals surface area (Å²) in [7, 11) is 0. The van der Waals surface area contributed by atoms with Crippen LogP contribution in [0.3, 0.4) is 0 Å². The van der Waals surface area contributed by atoms with Gasteiger partial charge in [-0.1, -0.05) is 51.3 Å². The Morgan fingerprint density at radius 1 is 1.06 bits per heavy atom. The summed E-state index contributed by atoms with van der Waals surface area (Å²) in [6.07, 6.45) is 0. The Morgan fingerprint density at radius 3 is 2.55 bits per heavy atom. The topological polar surface area (TPSA) is 67.8 Å². The summed E-state index contributed by atoms with van der Waals surface area (Å²) >= 11 is 15.8. The number of nitrogens with one attached hydrogen (secondary N) is 1. The average Bonchev–Trinajstić information content (AvgIpc) is 2.73. The summed E-state index contributed by atoms with van der Waals surface area (Å²) in [4.78, 5) is 11.2. The molecular formula is C23H20BrCl2NO4. The third kappa shape index (κ3) is 6.29. The lowest BCUT2D eigenvalue weighted by atomic mass is 10.1. The van der Waals surface area contributed by atoms with Crippen molar-refractivity contribution in [1.82, 2.24) is 0 Å². The van der Waals surface area contributed by atoms with Crippen molar-refractivity contribution in [2.45, 2.75) is 20.1 Å². The Bertz CT molecular complexity index is 1090. The molecule has 0 heterocycles. The highest BCUT2D eigenvalue weighted by Crippen LogP contribution is 2.35. The van der Waals surface area contributed by atoms with E-state index in [0.29, 0.717) is 47.0 Å². The van der Waals surface area contributed by atoms with E-state index >= 15 is 0 Å². The lowest BCUT2D eigenvalue weighted by molar-refractivity contribution is 0.0697. The lowest BCUT2D eigenvalue weighted by Crippen LogP contribution is -2.05. The number of hydrogen-bond donors (Lipinski definition) is 2. The van der Waals surface area contributed by atoms with Gasteiger partial charge in [0.1, 0.15) is 6.61 Å². The van der Waals surface area contributed by atoms with Gasteiger partial charge in [0.25, 0.3) is 0 Å². The molecule has 31 heavy (non-hydrogen) atoms. The van der Waals surface area contributed by atoms with Crippen LogP contribution in [0.5, 0.6) is 11.5 Å². The number of halogens is 3. The third-order valence-corrected chi connectivity index (χ3v) is 5.68. The number of carbonyl (C=O) groups is 1. The van der Waals surface area contributed by atoms with E-state index in [1.54, 1.807) is 6.07 Å². The predicted molar refractivity (Wildman–Crippen MR) is 127 cm³/mol. The molecule has 5 nitrogen and oxygen atoms in total. The molecule has 0 saturated heterocycles. The zero-order valence-electron chi connectivity index (χ0n) is 16.6. The van der Waals surface area contributed by atoms with Gasteiger partial charge < -0.3 is 19.9 Å². The van der Waals surface area contributed by atoms with Crippen molar-refractivity contribution in [3.05, 3.63) is 85.8 Å². The summed E-state index contributed by atoms with van der Waals surface area (Å²) in [6.45, 7) is 3.13. The summed E-state index contributed by atoms with van der Waals surface area (Å²) in [5.41, 5.74) is 2.54. The Balaban J connectivity index is 1.78. The summed E-state index contributed by atoms with van der Waals surface area (Å²) in [5, 5.41) is 13.5. The van der Waals surface area contributed by atoms with Crippen LogP contribution >= 0.6 is 39.1 Å². The first-order chi connectivity index (χ1) is 14.9. The number of benzene rings is 3. The van der Waals surface area contributed by atoms with Crippen LogP contribution in [0.4, 0.5) is 5.69 Å². The summed E-state index contributed by atoms with van der Waals surface area (Å²) < 4.78 is 12.6. The average molecular weight is 525 g/mol. The monoisotopic (exact) mass is 523 g/mol. The molecule has 8 heteroatoms. The maximum atomic E-state index is 11.2. The first-order valence-electron chi connectivity index (χ1n) is 9.46. The number of carboxylic acid groups (broad SMARTS) is 1. The van der Waals surface area contributed by atoms with Gasteiger partial charge in [-0.15, -0.1) is 0 Å². The van der Waals surface area contributed by atoms with Crippen LogP contribution < -0.4 is 14.8 Å². The second-order valence-electron chi connectivity index (χ2n) is 6.60. The molecular weight excluding hydrogens is 505 g/mol. The fourth-order valence-electron chi connectivity index (χ4n) is 2.87. The molecule has 0 aliphatic carbocycles. The molecule has 0 bridgehead atoms. The maximum absolute atomic E-state index is 11.2. The van der Waals surface area contributed by atoms with E-state index in [0.717, 1.165) is 15.6 Å². The molecule has 0 aliphatic rings. The van der Waals surface area contributed by atoms with Crippen molar-refractivity contribution in [3.63, 3.8) is 0 Å². The van der Waals surface area contributed by atoms with Gasteiger partial charge in [-0.2, -0.15) is 0 Å². The van der Waals surface area contributed by atoms with Gasteiger partial charge in [0.15, 0.2) is 11.5 Å². The molecule has 0 spiro atoms. The minimum atomic E-state index is -1.01. The Labute approximate surface area is 199 Å². The van der Waals surface area contributed by atoms with Crippen LogP contribution in [0.25, 0.3) is 0 Å². The largest absolute Gasteiger partial charge is 0.490 e. The fourth-order valence-corrected chi connectivity index (χ4v) is 3.73. The van der Waals surface area contributed by atoms with Crippen molar-refractivity contribution in [3.8, 4) is 11.5 Å². The number of aromatic carboxylic acids is 1. The number of rotatable bonds is 9. The van der Waals surface area contributed by atoms with Crippen LogP contribution in [-0.4, -0.2) is 17.7 Å². The Kier molecular flexibility index (Phi) is 8.07. The molecule has 0 amide bonds. The third-order valence-electron chi connectivity index (χ3n) is 4.38. The molecule has 0 saturated carbocycles. The van der Waals surface area contributed by atoms with Crippen molar-refractivity contribution in [1.29, 1.82) is 0 Å².